The maximum atomic E-state index is 13.4. The zero-order valence-corrected chi connectivity index (χ0v) is 12.2. The van der Waals surface area contributed by atoms with E-state index in [9.17, 15) is 9.18 Å². The third-order valence-electron chi connectivity index (χ3n) is 2.48. The first-order valence-corrected chi connectivity index (χ1v) is 6.53. The zero-order chi connectivity index (χ0) is 14.0. The quantitative estimate of drug-likeness (QED) is 0.831. The average molecular weight is 344 g/mol. The minimum absolute atomic E-state index is 0.0910. The molecule has 1 amide bonds. The lowest BCUT2D eigenvalue weighted by Crippen LogP contribution is -2.13. The van der Waals surface area contributed by atoms with Gasteiger partial charge >= 0.3 is 0 Å². The van der Waals surface area contributed by atoms with Crippen LogP contribution in [0.2, 0.25) is 5.15 Å². The van der Waals surface area contributed by atoms with E-state index in [1.807, 2.05) is 0 Å². The lowest BCUT2D eigenvalue weighted by molar-refractivity contribution is 0.102. The van der Waals surface area contributed by atoms with Crippen molar-refractivity contribution in [2.24, 2.45) is 0 Å². The van der Waals surface area contributed by atoms with Crippen LogP contribution in [0.3, 0.4) is 0 Å². The molecule has 1 aromatic carbocycles. The van der Waals surface area contributed by atoms with Crippen LogP contribution in [0.4, 0.5) is 10.1 Å². The van der Waals surface area contributed by atoms with Gasteiger partial charge in [-0.05, 0) is 46.6 Å². The first kappa shape index (κ1) is 14.0. The van der Waals surface area contributed by atoms with Gasteiger partial charge in [-0.15, -0.1) is 0 Å². The van der Waals surface area contributed by atoms with Crippen molar-refractivity contribution in [3.8, 4) is 0 Å². The van der Waals surface area contributed by atoms with E-state index in [-0.39, 0.29) is 16.5 Å². The number of carbonyl (C=O) groups is 1. The van der Waals surface area contributed by atoms with Crippen molar-refractivity contribution < 1.29 is 9.18 Å². The normalized spacial score (nSPS) is 10.3. The molecule has 2 aromatic rings. The fourth-order valence-electron chi connectivity index (χ4n) is 1.45. The molecule has 0 saturated heterocycles. The van der Waals surface area contributed by atoms with Gasteiger partial charge in [0.15, 0.2) is 0 Å². The van der Waals surface area contributed by atoms with E-state index in [1.165, 1.54) is 12.3 Å². The van der Waals surface area contributed by atoms with Crippen LogP contribution in [0, 0.1) is 12.7 Å². The van der Waals surface area contributed by atoms with Gasteiger partial charge in [-0.2, -0.15) is 0 Å². The lowest BCUT2D eigenvalue weighted by atomic mass is 10.2. The Morgan fingerprint density at radius 3 is 2.84 bits per heavy atom. The molecule has 98 valence electrons. The van der Waals surface area contributed by atoms with Gasteiger partial charge < -0.3 is 5.32 Å². The molecule has 0 radical (unpaired) electrons. The molecular formula is C13H9BrClFN2O. The number of nitrogens with zero attached hydrogens (tertiary/aromatic N) is 1. The van der Waals surface area contributed by atoms with E-state index in [4.69, 9.17) is 11.6 Å². The van der Waals surface area contributed by atoms with Crippen molar-refractivity contribution in [1.82, 2.24) is 4.98 Å². The number of aromatic nitrogens is 1. The molecular weight excluding hydrogens is 335 g/mol. The number of aryl methyl sites for hydroxylation is 1. The maximum absolute atomic E-state index is 13.4. The van der Waals surface area contributed by atoms with E-state index in [0.29, 0.717) is 15.7 Å². The summed E-state index contributed by atoms with van der Waals surface area (Å²) in [6.07, 6.45) is 1.49. The average Bonchev–Trinajstić information content (AvgIpc) is 2.36. The van der Waals surface area contributed by atoms with Crippen molar-refractivity contribution in [3.05, 3.63) is 57.0 Å². The molecule has 0 spiro atoms. The molecule has 0 saturated carbocycles. The molecule has 1 heterocycles. The summed E-state index contributed by atoms with van der Waals surface area (Å²) in [6.45, 7) is 1.65. The molecule has 0 aliphatic heterocycles. The monoisotopic (exact) mass is 342 g/mol. The van der Waals surface area contributed by atoms with Crippen LogP contribution in [0.1, 0.15) is 15.9 Å². The van der Waals surface area contributed by atoms with Crippen molar-refractivity contribution in [3.63, 3.8) is 0 Å². The van der Waals surface area contributed by atoms with Crippen molar-refractivity contribution in [1.29, 1.82) is 0 Å². The van der Waals surface area contributed by atoms with E-state index >= 15 is 0 Å². The summed E-state index contributed by atoms with van der Waals surface area (Å²) in [6, 6.07) is 6.02. The molecule has 6 heteroatoms. The minimum Gasteiger partial charge on any atom is -0.322 e. The topological polar surface area (TPSA) is 42.0 Å². The van der Waals surface area contributed by atoms with Crippen molar-refractivity contribution >= 4 is 39.1 Å². The second kappa shape index (κ2) is 5.67. The fraction of sp³-hybridized carbons (Fsp3) is 0.0769. The molecule has 1 N–H and O–H groups in total. The summed E-state index contributed by atoms with van der Waals surface area (Å²) in [7, 11) is 0. The number of carbonyl (C=O) groups excluding carboxylic acids is 1. The summed E-state index contributed by atoms with van der Waals surface area (Å²) in [4.78, 5) is 15.9. The molecule has 1 aromatic heterocycles. The predicted octanol–water partition coefficient (Wildman–Crippen LogP) is 4.20. The third kappa shape index (κ3) is 3.30. The second-order valence-electron chi connectivity index (χ2n) is 3.91. The Morgan fingerprint density at radius 2 is 2.16 bits per heavy atom. The van der Waals surface area contributed by atoms with Gasteiger partial charge in [0, 0.05) is 16.4 Å². The zero-order valence-electron chi connectivity index (χ0n) is 9.88. The van der Waals surface area contributed by atoms with Crippen LogP contribution in [-0.4, -0.2) is 10.9 Å². The Morgan fingerprint density at radius 1 is 1.42 bits per heavy atom. The first-order valence-electron chi connectivity index (χ1n) is 5.36. The highest BCUT2D eigenvalue weighted by Gasteiger charge is 2.13. The second-order valence-corrected chi connectivity index (χ2v) is 5.18. The Labute approximate surface area is 122 Å². The largest absolute Gasteiger partial charge is 0.322 e. The van der Waals surface area contributed by atoms with Gasteiger partial charge in [-0.25, -0.2) is 9.37 Å². The smallest absolute Gasteiger partial charge is 0.258 e. The van der Waals surface area contributed by atoms with Crippen LogP contribution in [0.15, 0.2) is 34.9 Å². The van der Waals surface area contributed by atoms with Crippen LogP contribution in [0.5, 0.6) is 0 Å². The summed E-state index contributed by atoms with van der Waals surface area (Å²) >= 11 is 9.06. The Bertz CT molecular complexity index is 649. The summed E-state index contributed by atoms with van der Waals surface area (Å²) in [5.74, 6) is -0.821. The summed E-state index contributed by atoms with van der Waals surface area (Å²) in [5.41, 5.74) is 1.10. The molecule has 0 unspecified atom stereocenters. The van der Waals surface area contributed by atoms with Gasteiger partial charge in [-0.1, -0.05) is 17.7 Å². The van der Waals surface area contributed by atoms with Crippen LogP contribution in [-0.2, 0) is 0 Å². The van der Waals surface area contributed by atoms with Crippen LogP contribution >= 0.6 is 27.5 Å². The molecule has 19 heavy (non-hydrogen) atoms. The van der Waals surface area contributed by atoms with Gasteiger partial charge in [0.1, 0.15) is 11.0 Å². The number of hydrogen-bond acceptors (Lipinski definition) is 2. The molecule has 0 aliphatic rings. The number of anilines is 1. The SMILES string of the molecule is Cc1ccc(NC(=O)c2cc(Br)cnc2Cl)cc1F. The number of amides is 1. The molecule has 3 nitrogen and oxygen atoms in total. The number of nitrogens with one attached hydrogen (secondary N) is 1. The minimum atomic E-state index is -0.443. The van der Waals surface area contributed by atoms with Crippen molar-refractivity contribution in [2.45, 2.75) is 6.92 Å². The van der Waals surface area contributed by atoms with Crippen LogP contribution < -0.4 is 5.32 Å². The number of hydrogen-bond donors (Lipinski definition) is 1. The first-order chi connectivity index (χ1) is 8.97. The standard InChI is InChI=1S/C13H9BrClFN2O/c1-7-2-3-9(5-11(7)16)18-13(19)10-4-8(14)6-17-12(10)15/h2-6H,1H3,(H,18,19). The molecule has 2 rings (SSSR count). The molecule has 0 atom stereocenters. The Hall–Kier alpha value is -1.46. The van der Waals surface area contributed by atoms with Crippen LogP contribution in [0.25, 0.3) is 0 Å². The van der Waals surface area contributed by atoms with E-state index in [1.54, 1.807) is 25.1 Å². The Kier molecular flexibility index (Phi) is 4.17. The van der Waals surface area contributed by atoms with E-state index in [0.717, 1.165) is 0 Å². The van der Waals surface area contributed by atoms with E-state index in [2.05, 4.69) is 26.2 Å². The fourth-order valence-corrected chi connectivity index (χ4v) is 1.97. The maximum Gasteiger partial charge on any atom is 0.258 e. The number of pyridine rings is 1. The number of benzene rings is 1. The predicted molar refractivity (Wildman–Crippen MR) is 76.0 cm³/mol. The highest BCUT2D eigenvalue weighted by atomic mass is 79.9. The highest BCUT2D eigenvalue weighted by Crippen LogP contribution is 2.20. The lowest BCUT2D eigenvalue weighted by Gasteiger charge is -2.07. The van der Waals surface area contributed by atoms with Gasteiger partial charge in [0.05, 0.1) is 5.56 Å². The van der Waals surface area contributed by atoms with Gasteiger partial charge in [0.2, 0.25) is 0 Å². The van der Waals surface area contributed by atoms with Crippen molar-refractivity contribution in [2.75, 3.05) is 5.32 Å². The highest BCUT2D eigenvalue weighted by molar-refractivity contribution is 9.10. The summed E-state index contributed by atoms with van der Waals surface area (Å²) in [5, 5.41) is 2.66. The third-order valence-corrected chi connectivity index (χ3v) is 3.21. The molecule has 0 aliphatic carbocycles. The summed E-state index contributed by atoms with van der Waals surface area (Å²) < 4.78 is 14.0. The molecule has 0 fully saturated rings. The van der Waals surface area contributed by atoms with Gasteiger partial charge in [-0.3, -0.25) is 4.79 Å². The van der Waals surface area contributed by atoms with E-state index < -0.39 is 5.91 Å². The Balaban J connectivity index is 2.25. The number of rotatable bonds is 2. The van der Waals surface area contributed by atoms with Gasteiger partial charge in [0.25, 0.3) is 5.91 Å². The number of halogens is 3. The molecule has 0 bridgehead atoms.